The van der Waals surface area contributed by atoms with Crippen molar-refractivity contribution in [1.82, 2.24) is 14.8 Å². The standard InChI is InChI=1S/C27H32FN3O/c1-2-3-13-31-14-12-24-23-6-4-5-7-25(23)29-26(24)27(31)21-8-10-22(11-9-21)32-16-15-30-18-20(17-28)19-30/h2,4-11,20,27,29H,1,3,12-19H2/t27-/m1/s1. The van der Waals surface area contributed by atoms with Crippen molar-refractivity contribution in [2.24, 2.45) is 5.92 Å². The maximum Gasteiger partial charge on any atom is 0.119 e. The van der Waals surface area contributed by atoms with Crippen molar-refractivity contribution in [2.75, 3.05) is 46.0 Å². The lowest BCUT2D eigenvalue weighted by Crippen LogP contribution is -2.49. The van der Waals surface area contributed by atoms with Gasteiger partial charge in [0.25, 0.3) is 0 Å². The summed E-state index contributed by atoms with van der Waals surface area (Å²) in [5.41, 5.74) is 5.26. The Balaban J connectivity index is 1.32. The van der Waals surface area contributed by atoms with Crippen LogP contribution in [0.3, 0.4) is 0 Å². The van der Waals surface area contributed by atoms with Gasteiger partial charge in [0, 0.05) is 55.2 Å². The van der Waals surface area contributed by atoms with Crippen molar-refractivity contribution < 1.29 is 9.13 Å². The Labute approximate surface area is 189 Å². The predicted molar refractivity (Wildman–Crippen MR) is 128 cm³/mol. The second-order valence-corrected chi connectivity index (χ2v) is 9.03. The molecule has 4 nitrogen and oxygen atoms in total. The third-order valence-electron chi connectivity index (χ3n) is 6.88. The summed E-state index contributed by atoms with van der Waals surface area (Å²) in [6.45, 7) is 8.96. The summed E-state index contributed by atoms with van der Waals surface area (Å²) < 4.78 is 18.5. The van der Waals surface area contributed by atoms with Gasteiger partial charge in [-0.1, -0.05) is 36.4 Å². The molecule has 2 aliphatic heterocycles. The molecule has 168 valence electrons. The van der Waals surface area contributed by atoms with Gasteiger partial charge in [-0.2, -0.15) is 0 Å². The fourth-order valence-corrected chi connectivity index (χ4v) is 5.16. The molecule has 1 fully saturated rings. The average Bonchev–Trinajstić information content (AvgIpc) is 3.18. The van der Waals surface area contributed by atoms with E-state index in [0.717, 1.165) is 51.3 Å². The summed E-state index contributed by atoms with van der Waals surface area (Å²) in [6, 6.07) is 17.4. The summed E-state index contributed by atoms with van der Waals surface area (Å²) >= 11 is 0. The minimum atomic E-state index is -0.206. The number of halogens is 1. The molecule has 0 bridgehead atoms. The lowest BCUT2D eigenvalue weighted by atomic mass is 9.92. The highest BCUT2D eigenvalue weighted by molar-refractivity contribution is 5.85. The second kappa shape index (κ2) is 9.47. The molecule has 32 heavy (non-hydrogen) atoms. The summed E-state index contributed by atoms with van der Waals surface area (Å²) in [7, 11) is 0. The summed E-state index contributed by atoms with van der Waals surface area (Å²) in [5, 5.41) is 1.34. The molecule has 3 aromatic rings. The van der Waals surface area contributed by atoms with E-state index in [2.05, 4.69) is 69.9 Å². The van der Waals surface area contributed by atoms with Crippen LogP contribution in [0.5, 0.6) is 5.75 Å². The molecule has 0 saturated carbocycles. The molecule has 2 aromatic carbocycles. The number of fused-ring (bicyclic) bond motifs is 3. The smallest absolute Gasteiger partial charge is 0.119 e. The third kappa shape index (κ3) is 4.19. The molecule has 5 heteroatoms. The van der Waals surface area contributed by atoms with Gasteiger partial charge in [0.05, 0.1) is 12.7 Å². The van der Waals surface area contributed by atoms with Gasteiger partial charge in [-0.15, -0.1) is 6.58 Å². The van der Waals surface area contributed by atoms with Crippen LogP contribution in [0, 0.1) is 5.92 Å². The minimum Gasteiger partial charge on any atom is -0.492 e. The molecule has 1 atom stereocenters. The number of ether oxygens (including phenoxy) is 1. The number of H-pyrrole nitrogens is 1. The van der Waals surface area contributed by atoms with E-state index in [1.807, 2.05) is 6.08 Å². The van der Waals surface area contributed by atoms with Crippen LogP contribution in [-0.2, 0) is 6.42 Å². The Morgan fingerprint density at radius 2 is 1.91 bits per heavy atom. The third-order valence-corrected chi connectivity index (χ3v) is 6.88. The number of benzene rings is 2. The van der Waals surface area contributed by atoms with Gasteiger partial charge in [-0.3, -0.25) is 14.2 Å². The number of aromatic amines is 1. The van der Waals surface area contributed by atoms with Crippen LogP contribution in [0.25, 0.3) is 10.9 Å². The quantitative estimate of drug-likeness (QED) is 0.484. The number of rotatable bonds is 9. The molecular weight excluding hydrogens is 401 g/mol. The first-order chi connectivity index (χ1) is 15.8. The second-order valence-electron chi connectivity index (χ2n) is 9.03. The molecule has 5 rings (SSSR count). The number of hydrogen-bond acceptors (Lipinski definition) is 3. The van der Waals surface area contributed by atoms with Crippen LogP contribution in [0.1, 0.15) is 29.3 Å². The Morgan fingerprint density at radius 1 is 1.09 bits per heavy atom. The van der Waals surface area contributed by atoms with Crippen molar-refractivity contribution in [3.05, 3.63) is 78.0 Å². The van der Waals surface area contributed by atoms with Crippen LogP contribution in [0.2, 0.25) is 0 Å². The van der Waals surface area contributed by atoms with Crippen molar-refractivity contribution in [1.29, 1.82) is 0 Å². The first kappa shape index (κ1) is 21.2. The maximum atomic E-state index is 12.6. The molecule has 3 heterocycles. The number of likely N-dealkylation sites (tertiary alicyclic amines) is 1. The molecule has 0 spiro atoms. The van der Waals surface area contributed by atoms with E-state index in [-0.39, 0.29) is 18.6 Å². The van der Waals surface area contributed by atoms with Crippen LogP contribution in [0.4, 0.5) is 4.39 Å². The fourth-order valence-electron chi connectivity index (χ4n) is 5.16. The summed E-state index contributed by atoms with van der Waals surface area (Å²) in [5.74, 6) is 1.12. The van der Waals surface area contributed by atoms with E-state index in [9.17, 15) is 4.39 Å². The number of aromatic nitrogens is 1. The number of alkyl halides is 1. The number of para-hydroxylation sites is 1. The lowest BCUT2D eigenvalue weighted by Gasteiger charge is -2.37. The molecular formula is C27H32FN3O. The highest BCUT2D eigenvalue weighted by atomic mass is 19.1. The Hall–Kier alpha value is -2.63. The predicted octanol–water partition coefficient (Wildman–Crippen LogP) is 4.97. The fraction of sp³-hybridized carbons (Fsp3) is 0.407. The van der Waals surface area contributed by atoms with Crippen LogP contribution >= 0.6 is 0 Å². The van der Waals surface area contributed by atoms with Crippen LogP contribution in [0.15, 0.2) is 61.2 Å². The van der Waals surface area contributed by atoms with E-state index >= 15 is 0 Å². The molecule has 0 amide bonds. The van der Waals surface area contributed by atoms with Gasteiger partial charge >= 0.3 is 0 Å². The largest absolute Gasteiger partial charge is 0.492 e. The molecule has 0 aliphatic carbocycles. The Kier molecular flexibility index (Phi) is 6.28. The van der Waals surface area contributed by atoms with Crippen LogP contribution in [-0.4, -0.2) is 60.8 Å². The normalized spacial score (nSPS) is 19.6. The number of nitrogens with zero attached hydrogens (tertiary/aromatic N) is 2. The molecule has 1 N–H and O–H groups in total. The SMILES string of the molecule is C=CCCN1CCc2c([nH]c3ccccc23)[C@H]1c1ccc(OCCN2CC(CF)C2)cc1. The highest BCUT2D eigenvalue weighted by Gasteiger charge is 2.31. The molecule has 0 radical (unpaired) electrons. The van der Waals surface area contributed by atoms with Crippen molar-refractivity contribution in [2.45, 2.75) is 18.9 Å². The van der Waals surface area contributed by atoms with E-state index in [1.54, 1.807) is 0 Å². The van der Waals surface area contributed by atoms with Gasteiger partial charge in [0.2, 0.25) is 0 Å². The van der Waals surface area contributed by atoms with Gasteiger partial charge in [-0.25, -0.2) is 0 Å². The monoisotopic (exact) mass is 433 g/mol. The number of nitrogens with one attached hydrogen (secondary N) is 1. The van der Waals surface area contributed by atoms with E-state index in [0.29, 0.717) is 6.61 Å². The van der Waals surface area contributed by atoms with Crippen LogP contribution < -0.4 is 4.74 Å². The van der Waals surface area contributed by atoms with Gasteiger partial charge < -0.3 is 9.72 Å². The number of hydrogen-bond donors (Lipinski definition) is 1. The summed E-state index contributed by atoms with van der Waals surface area (Å²) in [4.78, 5) is 8.52. The minimum absolute atomic E-state index is 0.206. The van der Waals surface area contributed by atoms with E-state index in [4.69, 9.17) is 4.74 Å². The van der Waals surface area contributed by atoms with E-state index < -0.39 is 0 Å². The molecule has 2 aliphatic rings. The lowest BCUT2D eigenvalue weighted by molar-refractivity contribution is 0.0668. The topological polar surface area (TPSA) is 31.5 Å². The summed E-state index contributed by atoms with van der Waals surface area (Å²) in [6.07, 6.45) is 4.05. The molecule has 1 aromatic heterocycles. The average molecular weight is 434 g/mol. The zero-order valence-corrected chi connectivity index (χ0v) is 18.6. The Morgan fingerprint density at radius 3 is 2.69 bits per heavy atom. The van der Waals surface area contributed by atoms with Crippen molar-refractivity contribution in [3.63, 3.8) is 0 Å². The molecule has 1 saturated heterocycles. The van der Waals surface area contributed by atoms with Crippen molar-refractivity contribution in [3.8, 4) is 5.75 Å². The first-order valence-electron chi connectivity index (χ1n) is 11.7. The van der Waals surface area contributed by atoms with Crippen molar-refractivity contribution >= 4 is 10.9 Å². The maximum absolute atomic E-state index is 12.6. The van der Waals surface area contributed by atoms with E-state index in [1.165, 1.54) is 27.7 Å². The zero-order valence-electron chi connectivity index (χ0n) is 18.6. The Bertz CT molecular complexity index is 1050. The highest BCUT2D eigenvalue weighted by Crippen LogP contribution is 2.38. The first-order valence-corrected chi connectivity index (χ1v) is 11.7. The van der Waals surface area contributed by atoms with Gasteiger partial charge in [0.1, 0.15) is 12.4 Å². The zero-order chi connectivity index (χ0) is 21.9. The van der Waals surface area contributed by atoms with Gasteiger partial charge in [0.15, 0.2) is 0 Å². The van der Waals surface area contributed by atoms with Gasteiger partial charge in [-0.05, 0) is 42.2 Å². The molecule has 0 unspecified atom stereocenters.